The number of anilines is 1. The fraction of sp³-hybridized carbons (Fsp3) is 0.259. The van der Waals surface area contributed by atoms with Crippen LogP contribution in [0.1, 0.15) is 27.0 Å². The Bertz CT molecular complexity index is 1170. The lowest BCUT2D eigenvalue weighted by Gasteiger charge is -2.34. The lowest BCUT2D eigenvalue weighted by molar-refractivity contribution is -0.138. The van der Waals surface area contributed by atoms with Gasteiger partial charge in [-0.05, 0) is 35.7 Å². The molecule has 5 nitrogen and oxygen atoms in total. The van der Waals surface area contributed by atoms with E-state index in [2.05, 4.69) is 5.32 Å². The molecule has 1 heterocycles. The molecule has 35 heavy (non-hydrogen) atoms. The second-order valence-corrected chi connectivity index (χ2v) is 8.48. The Hall–Kier alpha value is -3.65. The van der Waals surface area contributed by atoms with Crippen LogP contribution in [0.25, 0.3) is 0 Å². The molecule has 3 aromatic rings. The molecule has 0 spiro atoms. The number of hydrogen-bond acceptors (Lipinski definition) is 3. The van der Waals surface area contributed by atoms with Crippen LogP contribution < -0.4 is 5.32 Å². The molecule has 182 valence electrons. The molecule has 2 amide bonds. The molecule has 0 atom stereocenters. The van der Waals surface area contributed by atoms with Gasteiger partial charge in [-0.1, -0.05) is 60.7 Å². The maximum Gasteiger partial charge on any atom is 0.417 e. The molecule has 4 rings (SSSR count). The van der Waals surface area contributed by atoms with Gasteiger partial charge in [-0.3, -0.25) is 14.5 Å². The van der Waals surface area contributed by atoms with Crippen LogP contribution in [0.5, 0.6) is 0 Å². The van der Waals surface area contributed by atoms with Crippen LogP contribution in [0.4, 0.5) is 18.9 Å². The molecular weight excluding hydrogens is 455 g/mol. The fourth-order valence-electron chi connectivity index (χ4n) is 4.20. The number of nitrogens with zero attached hydrogens (tertiary/aromatic N) is 2. The van der Waals surface area contributed by atoms with Crippen LogP contribution in [0.2, 0.25) is 0 Å². The van der Waals surface area contributed by atoms with Gasteiger partial charge < -0.3 is 10.2 Å². The quantitative estimate of drug-likeness (QED) is 0.556. The van der Waals surface area contributed by atoms with Crippen molar-refractivity contribution in [1.82, 2.24) is 9.80 Å². The molecule has 0 radical (unpaired) electrons. The van der Waals surface area contributed by atoms with Crippen molar-refractivity contribution in [2.45, 2.75) is 12.6 Å². The Kier molecular flexibility index (Phi) is 7.51. The summed E-state index contributed by atoms with van der Waals surface area (Å²) in [6.07, 6.45) is -3.90. The Morgan fingerprint density at radius 3 is 2.14 bits per heavy atom. The number of para-hydroxylation sites is 1. The third-order valence-electron chi connectivity index (χ3n) is 6.02. The van der Waals surface area contributed by atoms with Gasteiger partial charge in [-0.15, -0.1) is 0 Å². The predicted octanol–water partition coefficient (Wildman–Crippen LogP) is 4.69. The van der Waals surface area contributed by atoms with Crippen molar-refractivity contribution < 1.29 is 22.8 Å². The first-order chi connectivity index (χ1) is 16.8. The average molecular weight is 482 g/mol. The van der Waals surface area contributed by atoms with E-state index < -0.39 is 17.6 Å². The summed E-state index contributed by atoms with van der Waals surface area (Å²) < 4.78 is 39.9. The van der Waals surface area contributed by atoms with Crippen LogP contribution in [0, 0.1) is 0 Å². The van der Waals surface area contributed by atoms with E-state index in [1.165, 1.54) is 23.1 Å². The Morgan fingerprint density at radius 2 is 1.43 bits per heavy atom. The van der Waals surface area contributed by atoms with Crippen molar-refractivity contribution in [3.05, 3.63) is 101 Å². The van der Waals surface area contributed by atoms with Gasteiger partial charge in [-0.25, -0.2) is 0 Å². The van der Waals surface area contributed by atoms with Crippen molar-refractivity contribution in [2.75, 3.05) is 38.0 Å². The van der Waals surface area contributed by atoms with Gasteiger partial charge in [0.15, 0.2) is 0 Å². The van der Waals surface area contributed by atoms with E-state index >= 15 is 0 Å². The zero-order valence-corrected chi connectivity index (χ0v) is 19.1. The smallest absolute Gasteiger partial charge is 0.336 e. The van der Waals surface area contributed by atoms with Crippen LogP contribution in [-0.2, 0) is 17.4 Å². The molecule has 1 N–H and O–H groups in total. The molecular formula is C27H26F3N3O2. The molecule has 8 heteroatoms. The summed E-state index contributed by atoms with van der Waals surface area (Å²) in [6.45, 7) is 1.45. The van der Waals surface area contributed by atoms with Crippen molar-refractivity contribution in [3.8, 4) is 0 Å². The first-order valence-corrected chi connectivity index (χ1v) is 11.4. The second-order valence-electron chi connectivity index (χ2n) is 8.48. The largest absolute Gasteiger partial charge is 0.417 e. The van der Waals surface area contributed by atoms with E-state index in [0.717, 1.165) is 22.9 Å². The number of carbonyl (C=O) groups is 2. The Labute approximate surface area is 202 Å². The van der Waals surface area contributed by atoms with Gasteiger partial charge >= 0.3 is 6.18 Å². The molecule has 0 saturated carbocycles. The van der Waals surface area contributed by atoms with E-state index in [-0.39, 0.29) is 31.1 Å². The SMILES string of the molecule is O=C(CN1CCN(C(=O)c2ccccc2C(F)(F)F)CC1)Nc1ccccc1Cc1ccccc1. The minimum Gasteiger partial charge on any atom is -0.336 e. The first-order valence-electron chi connectivity index (χ1n) is 11.4. The fourth-order valence-corrected chi connectivity index (χ4v) is 4.20. The van der Waals surface area contributed by atoms with Crippen molar-refractivity contribution in [2.24, 2.45) is 0 Å². The normalized spacial score (nSPS) is 14.5. The molecule has 1 aliphatic heterocycles. The summed E-state index contributed by atoms with van der Waals surface area (Å²) in [5.74, 6) is -0.815. The number of nitrogens with one attached hydrogen (secondary N) is 1. The highest BCUT2D eigenvalue weighted by Gasteiger charge is 2.36. The zero-order chi connectivity index (χ0) is 24.8. The van der Waals surface area contributed by atoms with Gasteiger partial charge in [0.2, 0.25) is 5.91 Å². The predicted molar refractivity (Wildman–Crippen MR) is 128 cm³/mol. The number of rotatable bonds is 6. The highest BCUT2D eigenvalue weighted by Crippen LogP contribution is 2.32. The van der Waals surface area contributed by atoms with Gasteiger partial charge in [0.05, 0.1) is 17.7 Å². The molecule has 0 aromatic heterocycles. The summed E-state index contributed by atoms with van der Waals surface area (Å²) >= 11 is 0. The highest BCUT2D eigenvalue weighted by atomic mass is 19.4. The summed E-state index contributed by atoms with van der Waals surface area (Å²) in [5.41, 5.74) is 1.62. The minimum atomic E-state index is -4.59. The maximum absolute atomic E-state index is 13.3. The van der Waals surface area contributed by atoms with E-state index in [9.17, 15) is 22.8 Å². The van der Waals surface area contributed by atoms with Crippen LogP contribution in [-0.4, -0.2) is 54.3 Å². The third-order valence-corrected chi connectivity index (χ3v) is 6.02. The standard InChI is InChI=1S/C27H26F3N3O2/c28-27(29,30)23-12-6-5-11-22(23)26(35)33-16-14-32(15-17-33)19-25(34)31-24-13-7-4-10-21(24)18-20-8-2-1-3-9-20/h1-13H,14-19H2,(H,31,34). The molecule has 1 fully saturated rings. The van der Waals surface area contributed by atoms with Gasteiger partial charge in [0.1, 0.15) is 0 Å². The molecule has 1 saturated heterocycles. The number of benzene rings is 3. The zero-order valence-electron chi connectivity index (χ0n) is 19.1. The van der Waals surface area contributed by atoms with Crippen molar-refractivity contribution >= 4 is 17.5 Å². The monoisotopic (exact) mass is 481 g/mol. The molecule has 1 aliphatic rings. The van der Waals surface area contributed by atoms with Gasteiger partial charge in [-0.2, -0.15) is 13.2 Å². The van der Waals surface area contributed by atoms with E-state index in [1.54, 1.807) is 0 Å². The van der Waals surface area contributed by atoms with E-state index in [4.69, 9.17) is 0 Å². The number of alkyl halides is 3. The number of halogens is 3. The van der Waals surface area contributed by atoms with Crippen molar-refractivity contribution in [1.29, 1.82) is 0 Å². The summed E-state index contributed by atoms with van der Waals surface area (Å²) in [6, 6.07) is 22.4. The molecule has 3 aromatic carbocycles. The van der Waals surface area contributed by atoms with E-state index in [1.807, 2.05) is 59.5 Å². The Morgan fingerprint density at radius 1 is 0.800 bits per heavy atom. The second kappa shape index (κ2) is 10.7. The molecule has 0 unspecified atom stereocenters. The summed E-state index contributed by atoms with van der Waals surface area (Å²) in [7, 11) is 0. The topological polar surface area (TPSA) is 52.7 Å². The molecule has 0 bridgehead atoms. The average Bonchev–Trinajstić information content (AvgIpc) is 2.85. The number of amides is 2. The minimum absolute atomic E-state index is 0.140. The van der Waals surface area contributed by atoms with Crippen molar-refractivity contribution in [3.63, 3.8) is 0 Å². The Balaban J connectivity index is 1.33. The first kappa shape index (κ1) is 24.5. The molecule has 0 aliphatic carbocycles. The summed E-state index contributed by atoms with van der Waals surface area (Å²) in [5, 5.41) is 2.98. The van der Waals surface area contributed by atoms with Crippen LogP contribution in [0.15, 0.2) is 78.9 Å². The van der Waals surface area contributed by atoms with Gasteiger partial charge in [0.25, 0.3) is 5.91 Å². The highest BCUT2D eigenvalue weighted by molar-refractivity contribution is 5.96. The maximum atomic E-state index is 13.3. The van der Waals surface area contributed by atoms with Crippen LogP contribution in [0.3, 0.4) is 0 Å². The lowest BCUT2D eigenvalue weighted by atomic mass is 10.0. The van der Waals surface area contributed by atoms with Gasteiger partial charge in [0, 0.05) is 31.9 Å². The van der Waals surface area contributed by atoms with E-state index in [0.29, 0.717) is 19.5 Å². The number of piperazine rings is 1. The number of hydrogen-bond donors (Lipinski definition) is 1. The van der Waals surface area contributed by atoms with Crippen LogP contribution >= 0.6 is 0 Å². The number of carbonyl (C=O) groups excluding carboxylic acids is 2. The summed E-state index contributed by atoms with van der Waals surface area (Å²) in [4.78, 5) is 28.8. The lowest BCUT2D eigenvalue weighted by Crippen LogP contribution is -2.50. The third kappa shape index (κ3) is 6.27.